The van der Waals surface area contributed by atoms with Crippen LogP contribution in [0.15, 0.2) is 0 Å². The van der Waals surface area contributed by atoms with Crippen molar-refractivity contribution in [3.8, 4) is 0 Å². The zero-order valence-corrected chi connectivity index (χ0v) is 8.89. The Hall–Kier alpha value is -0.120. The molecule has 1 unspecified atom stereocenters. The van der Waals surface area contributed by atoms with Crippen LogP contribution in [0.5, 0.6) is 0 Å². The fourth-order valence-electron chi connectivity index (χ4n) is 2.24. The lowest BCUT2D eigenvalue weighted by molar-refractivity contribution is 0.0231. The summed E-state index contributed by atoms with van der Waals surface area (Å²) in [5.41, 5.74) is -0.445. The van der Waals surface area contributed by atoms with Crippen LogP contribution in [0.4, 0.5) is 0 Å². The van der Waals surface area contributed by atoms with E-state index in [4.69, 9.17) is 0 Å². The average molecular weight is 198 g/mol. The molecule has 0 aromatic rings. The Morgan fingerprint density at radius 2 is 2.07 bits per heavy atom. The summed E-state index contributed by atoms with van der Waals surface area (Å²) in [5, 5.41) is 17.1. The summed E-state index contributed by atoms with van der Waals surface area (Å²) in [4.78, 5) is 0. The Balaban J connectivity index is 1.74. The minimum absolute atomic E-state index is 0.445. The number of rotatable bonds is 3. The van der Waals surface area contributed by atoms with E-state index >= 15 is 0 Å². The molecule has 1 heterocycles. The van der Waals surface area contributed by atoms with Crippen LogP contribution in [-0.4, -0.2) is 36.4 Å². The Morgan fingerprint density at radius 3 is 2.79 bits per heavy atom. The van der Waals surface area contributed by atoms with Gasteiger partial charge in [-0.3, -0.25) is 0 Å². The molecule has 1 aliphatic heterocycles. The van der Waals surface area contributed by atoms with Crippen molar-refractivity contribution in [2.24, 2.45) is 0 Å². The Bertz CT molecular complexity index is 172. The Kier molecular flexibility index (Phi) is 3.42. The molecule has 14 heavy (non-hydrogen) atoms. The predicted octanol–water partition coefficient (Wildman–Crippen LogP) is 0.633. The normalized spacial score (nSPS) is 34.9. The Morgan fingerprint density at radius 1 is 1.21 bits per heavy atom. The van der Waals surface area contributed by atoms with E-state index in [9.17, 15) is 5.11 Å². The summed E-state index contributed by atoms with van der Waals surface area (Å²) in [6.45, 7) is 2.81. The molecule has 3 nitrogen and oxygen atoms in total. The molecule has 2 rings (SSSR count). The third-order valence-corrected chi connectivity index (χ3v) is 3.59. The molecule has 0 radical (unpaired) electrons. The third-order valence-electron chi connectivity index (χ3n) is 3.59. The molecule has 3 heteroatoms. The van der Waals surface area contributed by atoms with E-state index in [1.807, 2.05) is 0 Å². The maximum Gasteiger partial charge on any atom is 0.0784 e. The van der Waals surface area contributed by atoms with Crippen molar-refractivity contribution >= 4 is 0 Å². The van der Waals surface area contributed by atoms with Gasteiger partial charge in [0.25, 0.3) is 0 Å². The highest BCUT2D eigenvalue weighted by Crippen LogP contribution is 2.22. The number of aliphatic hydroxyl groups is 1. The quantitative estimate of drug-likeness (QED) is 0.623. The van der Waals surface area contributed by atoms with Gasteiger partial charge in [0, 0.05) is 12.6 Å². The van der Waals surface area contributed by atoms with Crippen LogP contribution in [0.3, 0.4) is 0 Å². The van der Waals surface area contributed by atoms with Gasteiger partial charge < -0.3 is 15.7 Å². The van der Waals surface area contributed by atoms with E-state index in [1.54, 1.807) is 0 Å². The van der Waals surface area contributed by atoms with Crippen LogP contribution in [0, 0.1) is 0 Å². The fraction of sp³-hybridized carbons (Fsp3) is 1.00. The van der Waals surface area contributed by atoms with Crippen LogP contribution in [0.1, 0.15) is 38.5 Å². The van der Waals surface area contributed by atoms with Gasteiger partial charge in [0.1, 0.15) is 0 Å². The average Bonchev–Trinajstić information content (AvgIpc) is 2.28. The van der Waals surface area contributed by atoms with Crippen molar-refractivity contribution in [2.45, 2.75) is 50.2 Å². The highest BCUT2D eigenvalue weighted by Gasteiger charge is 2.29. The molecule has 82 valence electrons. The zero-order chi connectivity index (χ0) is 9.86. The first-order valence-electron chi connectivity index (χ1n) is 5.95. The molecular weight excluding hydrogens is 176 g/mol. The number of hydrogen-bond donors (Lipinski definition) is 3. The lowest BCUT2D eigenvalue weighted by Gasteiger charge is -2.33. The topological polar surface area (TPSA) is 44.3 Å². The second-order valence-corrected chi connectivity index (χ2v) is 4.84. The first-order valence-corrected chi connectivity index (χ1v) is 5.95. The predicted molar refractivity (Wildman–Crippen MR) is 57.3 cm³/mol. The first-order chi connectivity index (χ1) is 6.79. The van der Waals surface area contributed by atoms with E-state index in [1.165, 1.54) is 19.3 Å². The van der Waals surface area contributed by atoms with E-state index < -0.39 is 5.60 Å². The van der Waals surface area contributed by atoms with Gasteiger partial charge in [-0.2, -0.15) is 0 Å². The summed E-state index contributed by atoms with van der Waals surface area (Å²) in [6, 6.07) is 0.690. The van der Waals surface area contributed by atoms with Crippen LogP contribution in [-0.2, 0) is 0 Å². The number of nitrogens with one attached hydrogen (secondary N) is 2. The molecule has 3 N–H and O–H groups in total. The van der Waals surface area contributed by atoms with Crippen LogP contribution in [0.2, 0.25) is 0 Å². The smallest absolute Gasteiger partial charge is 0.0784 e. The van der Waals surface area contributed by atoms with Crippen LogP contribution >= 0.6 is 0 Å². The zero-order valence-electron chi connectivity index (χ0n) is 8.89. The summed E-state index contributed by atoms with van der Waals surface area (Å²) in [7, 11) is 0. The fourth-order valence-corrected chi connectivity index (χ4v) is 2.24. The van der Waals surface area contributed by atoms with Crippen molar-refractivity contribution in [2.75, 3.05) is 19.6 Å². The lowest BCUT2D eigenvalue weighted by Crippen LogP contribution is -2.47. The largest absolute Gasteiger partial charge is 0.389 e. The van der Waals surface area contributed by atoms with Crippen molar-refractivity contribution in [1.82, 2.24) is 10.6 Å². The van der Waals surface area contributed by atoms with E-state index in [0.29, 0.717) is 6.04 Å². The van der Waals surface area contributed by atoms with Crippen molar-refractivity contribution in [1.29, 1.82) is 0 Å². The van der Waals surface area contributed by atoms with Gasteiger partial charge in [-0.15, -0.1) is 0 Å². The lowest BCUT2D eigenvalue weighted by atomic mass is 9.90. The molecule has 0 aromatic heterocycles. The van der Waals surface area contributed by atoms with Crippen molar-refractivity contribution in [3.63, 3.8) is 0 Å². The SMILES string of the molecule is OC1(CNC2CCC2)CCCNCC1. The van der Waals surface area contributed by atoms with Gasteiger partial charge in [0.2, 0.25) is 0 Å². The molecule has 1 aliphatic carbocycles. The molecule has 1 saturated heterocycles. The molecule has 2 fully saturated rings. The summed E-state index contributed by atoms with van der Waals surface area (Å²) in [6.07, 6.45) is 6.90. The van der Waals surface area contributed by atoms with E-state index in [2.05, 4.69) is 10.6 Å². The molecule has 2 aliphatic rings. The van der Waals surface area contributed by atoms with Gasteiger partial charge in [0.15, 0.2) is 0 Å². The van der Waals surface area contributed by atoms with E-state index in [-0.39, 0.29) is 0 Å². The second kappa shape index (κ2) is 4.60. The highest BCUT2D eigenvalue weighted by atomic mass is 16.3. The first kappa shape index (κ1) is 10.4. The van der Waals surface area contributed by atoms with Gasteiger partial charge >= 0.3 is 0 Å². The molecule has 0 spiro atoms. The van der Waals surface area contributed by atoms with Crippen LogP contribution < -0.4 is 10.6 Å². The van der Waals surface area contributed by atoms with Crippen molar-refractivity contribution in [3.05, 3.63) is 0 Å². The van der Waals surface area contributed by atoms with Crippen LogP contribution in [0.25, 0.3) is 0 Å². The summed E-state index contributed by atoms with van der Waals surface area (Å²) >= 11 is 0. The van der Waals surface area contributed by atoms with Gasteiger partial charge in [0.05, 0.1) is 5.60 Å². The second-order valence-electron chi connectivity index (χ2n) is 4.84. The maximum atomic E-state index is 10.3. The highest BCUT2D eigenvalue weighted by molar-refractivity contribution is 4.87. The van der Waals surface area contributed by atoms with E-state index in [0.717, 1.165) is 38.9 Å². The molecule has 0 aromatic carbocycles. The van der Waals surface area contributed by atoms with Gasteiger partial charge in [-0.05, 0) is 45.2 Å². The maximum absolute atomic E-state index is 10.3. The molecule has 0 amide bonds. The summed E-state index contributed by atoms with van der Waals surface area (Å²) in [5.74, 6) is 0. The minimum atomic E-state index is -0.445. The van der Waals surface area contributed by atoms with Gasteiger partial charge in [-0.1, -0.05) is 6.42 Å². The number of hydrogen-bond acceptors (Lipinski definition) is 3. The Labute approximate surface area is 86.3 Å². The molecular formula is C11H22N2O. The standard InChI is InChI=1S/C11H22N2O/c14-11(5-2-7-12-8-6-11)9-13-10-3-1-4-10/h10,12-14H,1-9H2. The molecule has 1 saturated carbocycles. The third kappa shape index (κ3) is 2.69. The van der Waals surface area contributed by atoms with Crippen molar-refractivity contribution < 1.29 is 5.11 Å². The molecule has 1 atom stereocenters. The monoisotopic (exact) mass is 198 g/mol. The van der Waals surface area contributed by atoms with Gasteiger partial charge in [-0.25, -0.2) is 0 Å². The molecule has 0 bridgehead atoms. The minimum Gasteiger partial charge on any atom is -0.389 e. The summed E-state index contributed by atoms with van der Waals surface area (Å²) < 4.78 is 0.